The van der Waals surface area contributed by atoms with Crippen molar-refractivity contribution in [1.29, 1.82) is 0 Å². The normalized spacial score (nSPS) is 23.7. The number of halogens is 6. The van der Waals surface area contributed by atoms with Crippen LogP contribution in [0.1, 0.15) is 24.0 Å². The number of fused-ring (bicyclic) bond motifs is 2. The molecule has 3 atom stereocenters. The minimum atomic E-state index is -4.48. The third kappa shape index (κ3) is 4.38. The molecule has 4 nitrogen and oxygen atoms in total. The van der Waals surface area contributed by atoms with Crippen LogP contribution in [0.4, 0.5) is 32.2 Å². The first-order valence-electron chi connectivity index (χ1n) is 9.76. The first-order chi connectivity index (χ1) is 14.6. The van der Waals surface area contributed by atoms with E-state index in [2.05, 4.69) is 4.98 Å². The van der Waals surface area contributed by atoms with E-state index < -0.39 is 23.5 Å². The Labute approximate surface area is 174 Å². The lowest BCUT2D eigenvalue weighted by molar-refractivity contribution is -0.138. The Bertz CT molecular complexity index is 915. The smallest absolute Gasteiger partial charge is 0.417 e. The molecule has 2 aliphatic rings. The monoisotopic (exact) mass is 446 g/mol. The largest absolute Gasteiger partial charge is 0.493 e. The van der Waals surface area contributed by atoms with Crippen molar-refractivity contribution < 1.29 is 35.8 Å². The lowest BCUT2D eigenvalue weighted by Gasteiger charge is -2.38. The Balaban J connectivity index is 1.48. The van der Waals surface area contributed by atoms with Gasteiger partial charge in [-0.15, -0.1) is 0 Å². The average Bonchev–Trinajstić information content (AvgIpc) is 2.94. The fourth-order valence-electron chi connectivity index (χ4n) is 4.38. The van der Waals surface area contributed by atoms with Crippen molar-refractivity contribution in [2.75, 3.05) is 25.1 Å². The first kappa shape index (κ1) is 21.6. The van der Waals surface area contributed by atoms with Gasteiger partial charge in [0.25, 0.3) is 0 Å². The first-order valence-corrected chi connectivity index (χ1v) is 9.76. The molecule has 31 heavy (non-hydrogen) atoms. The summed E-state index contributed by atoms with van der Waals surface area (Å²) in [5.41, 5.74) is -1.62. The maximum absolute atomic E-state index is 13.0. The van der Waals surface area contributed by atoms with Crippen LogP contribution in [0.15, 0.2) is 36.5 Å². The van der Waals surface area contributed by atoms with Crippen LogP contribution >= 0.6 is 0 Å². The van der Waals surface area contributed by atoms with Crippen LogP contribution in [0.5, 0.6) is 11.5 Å². The number of alkyl halides is 6. The summed E-state index contributed by atoms with van der Waals surface area (Å²) >= 11 is 0. The van der Waals surface area contributed by atoms with Crippen LogP contribution in [0, 0.1) is 11.8 Å². The highest BCUT2D eigenvalue weighted by Gasteiger charge is 2.44. The molecule has 2 aromatic rings. The summed E-state index contributed by atoms with van der Waals surface area (Å²) in [5.74, 6) is 0.889. The SMILES string of the molecule is COc1cc(C(F)(F)F)ccc1OC1[C@@H]2CC[C@H]1CN(c1ccc(C(F)(F)F)cn1)C2. The number of ether oxygens (including phenoxy) is 2. The van der Waals surface area contributed by atoms with E-state index in [4.69, 9.17) is 9.47 Å². The molecule has 1 saturated carbocycles. The second-order valence-electron chi connectivity index (χ2n) is 7.85. The number of piperidine rings is 1. The fourth-order valence-corrected chi connectivity index (χ4v) is 4.38. The van der Waals surface area contributed by atoms with Crippen LogP contribution in [0.25, 0.3) is 0 Å². The van der Waals surface area contributed by atoms with Crippen molar-refractivity contribution in [2.45, 2.75) is 31.3 Å². The molecule has 0 radical (unpaired) electrons. The number of methoxy groups -OCH3 is 1. The molecule has 0 spiro atoms. The van der Waals surface area contributed by atoms with Gasteiger partial charge in [-0.2, -0.15) is 26.3 Å². The van der Waals surface area contributed by atoms with Crippen molar-refractivity contribution >= 4 is 5.82 Å². The molecule has 2 heterocycles. The summed E-state index contributed by atoms with van der Waals surface area (Å²) in [5, 5.41) is 0. The molecular weight excluding hydrogens is 426 g/mol. The highest BCUT2D eigenvalue weighted by Crippen LogP contribution is 2.43. The fraction of sp³-hybridized carbons (Fsp3) is 0.476. The highest BCUT2D eigenvalue weighted by molar-refractivity contribution is 5.45. The predicted octanol–water partition coefficient (Wildman–Crippen LogP) is 5.42. The molecule has 1 saturated heterocycles. The van der Waals surface area contributed by atoms with E-state index in [1.54, 1.807) is 0 Å². The molecular formula is C21H20F6N2O2. The third-order valence-electron chi connectivity index (χ3n) is 5.90. The number of nitrogens with zero attached hydrogens (tertiary/aromatic N) is 2. The second-order valence-corrected chi connectivity index (χ2v) is 7.85. The number of benzene rings is 1. The van der Waals surface area contributed by atoms with E-state index in [9.17, 15) is 26.3 Å². The van der Waals surface area contributed by atoms with E-state index in [0.29, 0.717) is 18.9 Å². The van der Waals surface area contributed by atoms with Crippen molar-refractivity contribution in [3.63, 3.8) is 0 Å². The van der Waals surface area contributed by atoms with Gasteiger partial charge in [-0.3, -0.25) is 0 Å². The molecule has 1 unspecified atom stereocenters. The zero-order chi connectivity index (χ0) is 22.4. The van der Waals surface area contributed by atoms with Crippen molar-refractivity contribution in [1.82, 2.24) is 4.98 Å². The Kier molecular flexibility index (Phi) is 5.43. The van der Waals surface area contributed by atoms with Gasteiger partial charge < -0.3 is 14.4 Å². The van der Waals surface area contributed by atoms with Crippen LogP contribution < -0.4 is 14.4 Å². The number of hydrogen-bond donors (Lipinski definition) is 0. The van der Waals surface area contributed by atoms with Crippen molar-refractivity contribution in [2.24, 2.45) is 11.8 Å². The van der Waals surface area contributed by atoms with E-state index in [0.717, 1.165) is 37.2 Å². The molecule has 0 N–H and O–H groups in total. The molecule has 2 fully saturated rings. The van der Waals surface area contributed by atoms with Crippen molar-refractivity contribution in [3.8, 4) is 11.5 Å². The topological polar surface area (TPSA) is 34.6 Å². The average molecular weight is 446 g/mol. The minimum Gasteiger partial charge on any atom is -0.493 e. The Morgan fingerprint density at radius 2 is 1.48 bits per heavy atom. The van der Waals surface area contributed by atoms with Crippen LogP contribution in [0.3, 0.4) is 0 Å². The van der Waals surface area contributed by atoms with Gasteiger partial charge in [0.1, 0.15) is 11.9 Å². The second kappa shape index (κ2) is 7.80. The lowest BCUT2D eigenvalue weighted by Crippen LogP contribution is -2.47. The van der Waals surface area contributed by atoms with Gasteiger partial charge >= 0.3 is 12.4 Å². The highest BCUT2D eigenvalue weighted by atomic mass is 19.4. The summed E-state index contributed by atoms with van der Waals surface area (Å²) in [6.07, 6.45) is -6.59. The molecule has 1 aliphatic carbocycles. The Morgan fingerprint density at radius 1 is 0.871 bits per heavy atom. The van der Waals surface area contributed by atoms with E-state index in [1.807, 2.05) is 4.90 Å². The van der Waals surface area contributed by atoms with E-state index in [1.165, 1.54) is 19.2 Å². The standard InChI is InChI=1S/C21H20F6N2O2/c1-30-17-8-14(20(22,23)24)4-6-16(17)31-19-12-2-3-13(19)11-29(10-12)18-7-5-15(9-28-18)21(25,26)27/h4-9,12-13,19H,2-3,10-11H2,1H3/t12-,13+,19?. The van der Waals surface area contributed by atoms with E-state index >= 15 is 0 Å². The maximum atomic E-state index is 13.0. The number of pyridine rings is 1. The molecule has 1 aromatic carbocycles. The Hall–Kier alpha value is -2.65. The quantitative estimate of drug-likeness (QED) is 0.588. The molecule has 168 valence electrons. The summed E-state index contributed by atoms with van der Waals surface area (Å²) in [7, 11) is 1.29. The minimum absolute atomic E-state index is 0.0149. The van der Waals surface area contributed by atoms with Crippen LogP contribution in [-0.2, 0) is 12.4 Å². The number of aromatic nitrogens is 1. The summed E-state index contributed by atoms with van der Waals surface area (Å²) in [6, 6.07) is 5.52. The molecule has 1 aliphatic heterocycles. The predicted molar refractivity (Wildman–Crippen MR) is 100 cm³/mol. The van der Waals surface area contributed by atoms with E-state index in [-0.39, 0.29) is 29.4 Å². The molecule has 0 amide bonds. The van der Waals surface area contributed by atoms with Crippen molar-refractivity contribution in [3.05, 3.63) is 47.7 Å². The van der Waals surface area contributed by atoms with Crippen LogP contribution in [-0.4, -0.2) is 31.3 Å². The molecule has 10 heteroatoms. The summed E-state index contributed by atoms with van der Waals surface area (Å²) < 4.78 is 88.3. The van der Waals surface area contributed by atoms with Gasteiger partial charge in [0, 0.05) is 31.1 Å². The number of rotatable bonds is 4. The number of hydrogen-bond acceptors (Lipinski definition) is 4. The maximum Gasteiger partial charge on any atom is 0.417 e. The Morgan fingerprint density at radius 3 is 2.00 bits per heavy atom. The van der Waals surface area contributed by atoms with Gasteiger partial charge in [0.15, 0.2) is 11.5 Å². The molecule has 4 rings (SSSR count). The summed E-state index contributed by atoms with van der Waals surface area (Å²) in [4.78, 5) is 5.91. The zero-order valence-electron chi connectivity index (χ0n) is 16.5. The van der Waals surface area contributed by atoms with Gasteiger partial charge in [-0.05, 0) is 43.2 Å². The third-order valence-corrected chi connectivity index (χ3v) is 5.90. The zero-order valence-corrected chi connectivity index (χ0v) is 16.5. The van der Waals surface area contributed by atoms with Gasteiger partial charge in [-0.25, -0.2) is 4.98 Å². The molecule has 1 aromatic heterocycles. The number of anilines is 1. The van der Waals surface area contributed by atoms with Crippen LogP contribution in [0.2, 0.25) is 0 Å². The molecule has 2 bridgehead atoms. The summed E-state index contributed by atoms with van der Waals surface area (Å²) in [6.45, 7) is 1.09. The van der Waals surface area contributed by atoms with Gasteiger partial charge in [0.2, 0.25) is 0 Å². The van der Waals surface area contributed by atoms with Gasteiger partial charge in [-0.1, -0.05) is 0 Å². The lowest BCUT2D eigenvalue weighted by atomic mass is 9.94. The van der Waals surface area contributed by atoms with Gasteiger partial charge in [0.05, 0.1) is 18.2 Å².